The molecule has 0 aliphatic carbocycles. The van der Waals surface area contributed by atoms with Crippen molar-refractivity contribution in [3.05, 3.63) is 34.9 Å². The van der Waals surface area contributed by atoms with Crippen LogP contribution >= 0.6 is 11.6 Å². The molecular weight excluding hydrogens is 380 g/mol. The molecule has 0 saturated carbocycles. The van der Waals surface area contributed by atoms with Crippen LogP contribution in [0.2, 0.25) is 5.02 Å². The number of amides is 1. The zero-order valence-electron chi connectivity index (χ0n) is 16.5. The second-order valence-corrected chi connectivity index (χ2v) is 8.74. The van der Waals surface area contributed by atoms with E-state index in [-0.39, 0.29) is 18.0 Å². The summed E-state index contributed by atoms with van der Waals surface area (Å²) in [7, 11) is 4.25. The number of ether oxygens (including phenoxy) is 1. The van der Waals surface area contributed by atoms with Gasteiger partial charge in [0.05, 0.1) is 18.2 Å². The molecule has 4 atom stereocenters. The fraction of sp³-hybridized carbons (Fsp3) is 0.619. The van der Waals surface area contributed by atoms with Gasteiger partial charge in [0.1, 0.15) is 0 Å². The van der Waals surface area contributed by atoms with Gasteiger partial charge >= 0.3 is 0 Å². The van der Waals surface area contributed by atoms with Gasteiger partial charge in [0, 0.05) is 36.4 Å². The SMILES string of the molecule is CN(C)C[C@H]1[C@H]2CN(C(=O)CCc3cccc(Cl)c3)C[C@]23CC[C@H]1O3.O=CO. The Morgan fingerprint density at radius 1 is 1.46 bits per heavy atom. The molecule has 0 unspecified atom stereocenters. The number of hydrogen-bond donors (Lipinski definition) is 1. The van der Waals surface area contributed by atoms with E-state index in [1.807, 2.05) is 24.3 Å². The summed E-state index contributed by atoms with van der Waals surface area (Å²) >= 11 is 6.04. The first-order valence-corrected chi connectivity index (χ1v) is 10.2. The van der Waals surface area contributed by atoms with Crippen LogP contribution in [0.25, 0.3) is 0 Å². The predicted molar refractivity (Wildman–Crippen MR) is 107 cm³/mol. The second-order valence-electron chi connectivity index (χ2n) is 8.30. The molecule has 28 heavy (non-hydrogen) atoms. The summed E-state index contributed by atoms with van der Waals surface area (Å²) in [5.41, 5.74) is 1.07. The summed E-state index contributed by atoms with van der Waals surface area (Å²) in [6.45, 7) is 2.46. The van der Waals surface area contributed by atoms with Crippen LogP contribution in [0.5, 0.6) is 0 Å². The number of carbonyl (C=O) groups is 2. The molecule has 7 heteroatoms. The summed E-state index contributed by atoms with van der Waals surface area (Å²) < 4.78 is 6.42. The van der Waals surface area contributed by atoms with Crippen molar-refractivity contribution in [2.24, 2.45) is 11.8 Å². The van der Waals surface area contributed by atoms with E-state index in [0.29, 0.717) is 24.4 Å². The van der Waals surface area contributed by atoms with Gasteiger partial charge in [-0.25, -0.2) is 0 Å². The van der Waals surface area contributed by atoms with Gasteiger partial charge < -0.3 is 19.6 Å². The molecule has 1 aromatic rings. The summed E-state index contributed by atoms with van der Waals surface area (Å²) in [4.78, 5) is 25.4. The molecule has 0 aromatic heterocycles. The molecule has 3 fully saturated rings. The molecule has 1 N–H and O–H groups in total. The van der Waals surface area contributed by atoms with Crippen LogP contribution in [0.3, 0.4) is 0 Å². The maximum atomic E-state index is 12.8. The standard InChI is InChI=1S/C20H27ClN2O2.CH2O2/c1-22(2)11-16-17-12-23(13-20(17)9-8-18(16)25-20)19(24)7-6-14-4-3-5-15(21)10-14;2-1-3/h3-5,10,16-18H,6-9,11-13H2,1-2H3;1H,(H,2,3)/t16-,17+,18+,20+;/m0./s1. The normalized spacial score (nSPS) is 30.1. The Hall–Kier alpha value is -1.63. The maximum Gasteiger partial charge on any atom is 0.290 e. The van der Waals surface area contributed by atoms with Crippen LogP contribution in [0.1, 0.15) is 24.8 Å². The first kappa shape index (κ1) is 21.1. The predicted octanol–water partition coefficient (Wildman–Crippen LogP) is 2.54. The number of carbonyl (C=O) groups excluding carboxylic acids is 1. The van der Waals surface area contributed by atoms with Crippen molar-refractivity contribution in [3.63, 3.8) is 0 Å². The highest BCUT2D eigenvalue weighted by molar-refractivity contribution is 6.30. The van der Waals surface area contributed by atoms with Crippen molar-refractivity contribution in [1.82, 2.24) is 9.80 Å². The van der Waals surface area contributed by atoms with E-state index < -0.39 is 0 Å². The number of likely N-dealkylation sites (tertiary alicyclic amines) is 1. The average molecular weight is 409 g/mol. The highest BCUT2D eigenvalue weighted by Crippen LogP contribution is 2.54. The van der Waals surface area contributed by atoms with Crippen molar-refractivity contribution in [2.75, 3.05) is 33.7 Å². The number of benzene rings is 1. The first-order chi connectivity index (χ1) is 13.4. The molecule has 1 spiro atoms. The summed E-state index contributed by atoms with van der Waals surface area (Å²) in [6.07, 6.45) is 3.96. The summed E-state index contributed by atoms with van der Waals surface area (Å²) in [6, 6.07) is 7.80. The van der Waals surface area contributed by atoms with Crippen LogP contribution in [0.15, 0.2) is 24.3 Å². The molecule has 3 saturated heterocycles. The van der Waals surface area contributed by atoms with E-state index in [4.69, 9.17) is 26.2 Å². The Morgan fingerprint density at radius 3 is 2.89 bits per heavy atom. The molecule has 4 rings (SSSR count). The van der Waals surface area contributed by atoms with Gasteiger partial charge in [-0.2, -0.15) is 0 Å². The third-order valence-electron chi connectivity index (χ3n) is 6.23. The number of nitrogens with zero attached hydrogens (tertiary/aromatic N) is 2. The minimum absolute atomic E-state index is 0.0585. The van der Waals surface area contributed by atoms with Crippen LogP contribution in [-0.2, 0) is 20.7 Å². The lowest BCUT2D eigenvalue weighted by molar-refractivity contribution is -0.131. The Labute approximate surface area is 171 Å². The quantitative estimate of drug-likeness (QED) is 0.758. The van der Waals surface area contributed by atoms with Gasteiger partial charge in [0.15, 0.2) is 0 Å². The van der Waals surface area contributed by atoms with E-state index in [0.717, 1.165) is 49.5 Å². The second kappa shape index (κ2) is 8.80. The zero-order valence-corrected chi connectivity index (χ0v) is 17.3. The monoisotopic (exact) mass is 408 g/mol. The first-order valence-electron chi connectivity index (χ1n) is 9.81. The third-order valence-corrected chi connectivity index (χ3v) is 6.46. The van der Waals surface area contributed by atoms with Crippen molar-refractivity contribution < 1.29 is 19.4 Å². The van der Waals surface area contributed by atoms with Gasteiger partial charge in [0.2, 0.25) is 5.91 Å². The molecule has 154 valence electrons. The van der Waals surface area contributed by atoms with Gasteiger partial charge in [-0.15, -0.1) is 0 Å². The Morgan fingerprint density at radius 2 is 2.21 bits per heavy atom. The number of rotatable bonds is 5. The largest absolute Gasteiger partial charge is 0.483 e. The van der Waals surface area contributed by atoms with Crippen LogP contribution in [0.4, 0.5) is 0 Å². The summed E-state index contributed by atoms with van der Waals surface area (Å²) in [5.74, 6) is 1.32. The molecule has 2 bridgehead atoms. The van der Waals surface area contributed by atoms with Gasteiger partial charge in [-0.3, -0.25) is 9.59 Å². The lowest BCUT2D eigenvalue weighted by Crippen LogP contribution is -2.40. The fourth-order valence-electron chi connectivity index (χ4n) is 5.15. The molecule has 0 radical (unpaired) electrons. The molecule has 3 aliphatic heterocycles. The number of carboxylic acid groups (broad SMARTS) is 1. The molecule has 3 heterocycles. The van der Waals surface area contributed by atoms with E-state index in [9.17, 15) is 4.79 Å². The summed E-state index contributed by atoms with van der Waals surface area (Å²) in [5, 5.41) is 7.62. The van der Waals surface area contributed by atoms with Crippen molar-refractivity contribution in [3.8, 4) is 0 Å². The minimum atomic E-state index is -0.250. The van der Waals surface area contributed by atoms with Crippen LogP contribution in [-0.4, -0.2) is 72.7 Å². The Bertz CT molecular complexity index is 713. The van der Waals surface area contributed by atoms with E-state index in [1.165, 1.54) is 0 Å². The molecule has 1 aromatic carbocycles. The Balaban J connectivity index is 0.000000706. The lowest BCUT2D eigenvalue weighted by Gasteiger charge is -2.30. The van der Waals surface area contributed by atoms with Crippen molar-refractivity contribution >= 4 is 24.0 Å². The lowest BCUT2D eigenvalue weighted by atomic mass is 9.73. The zero-order chi connectivity index (χ0) is 20.3. The van der Waals surface area contributed by atoms with Gasteiger partial charge in [-0.1, -0.05) is 23.7 Å². The highest BCUT2D eigenvalue weighted by atomic mass is 35.5. The molecular formula is C21H29ClN2O4. The van der Waals surface area contributed by atoms with Gasteiger partial charge in [0.25, 0.3) is 6.47 Å². The minimum Gasteiger partial charge on any atom is -0.483 e. The number of hydrogen-bond acceptors (Lipinski definition) is 4. The number of halogens is 1. The van der Waals surface area contributed by atoms with Crippen LogP contribution in [0, 0.1) is 11.8 Å². The maximum absolute atomic E-state index is 12.8. The molecule has 6 nitrogen and oxygen atoms in total. The number of aryl methyl sites for hydroxylation is 1. The van der Waals surface area contributed by atoms with Crippen molar-refractivity contribution in [1.29, 1.82) is 0 Å². The average Bonchev–Trinajstić information content (AvgIpc) is 3.30. The van der Waals surface area contributed by atoms with Crippen LogP contribution < -0.4 is 0 Å². The topological polar surface area (TPSA) is 70.1 Å². The third kappa shape index (κ3) is 4.34. The van der Waals surface area contributed by atoms with E-state index >= 15 is 0 Å². The smallest absolute Gasteiger partial charge is 0.290 e. The Kier molecular flexibility index (Phi) is 6.63. The van der Waals surface area contributed by atoms with E-state index in [2.05, 4.69) is 23.9 Å². The molecule has 1 amide bonds. The number of fused-ring (bicyclic) bond motifs is 1. The fourth-order valence-corrected chi connectivity index (χ4v) is 5.36. The van der Waals surface area contributed by atoms with Gasteiger partial charge in [-0.05, 0) is 51.1 Å². The van der Waals surface area contributed by atoms with Crippen molar-refractivity contribution in [2.45, 2.75) is 37.4 Å². The molecule has 3 aliphatic rings. The van der Waals surface area contributed by atoms with E-state index in [1.54, 1.807) is 0 Å². The highest BCUT2D eigenvalue weighted by Gasteiger charge is 2.63.